The molecule has 2 unspecified atom stereocenters. The number of nitrogens with zero attached hydrogens (tertiary/aromatic N) is 1. The van der Waals surface area contributed by atoms with Crippen LogP contribution in [0.1, 0.15) is 43.4 Å². The lowest BCUT2D eigenvalue weighted by Gasteiger charge is -2.36. The third kappa shape index (κ3) is 2.59. The van der Waals surface area contributed by atoms with Crippen LogP contribution in [-0.2, 0) is 11.2 Å². The first-order valence-corrected chi connectivity index (χ1v) is 7.89. The van der Waals surface area contributed by atoms with Gasteiger partial charge in [0.25, 0.3) is 0 Å². The largest absolute Gasteiger partial charge is 0.341 e. The van der Waals surface area contributed by atoms with Crippen LogP contribution < -0.4 is 5.32 Å². The molecule has 1 aromatic carbocycles. The highest BCUT2D eigenvalue weighted by Gasteiger charge is 2.31. The maximum Gasteiger partial charge on any atom is 0.244 e. The Balaban J connectivity index is 1.78. The van der Waals surface area contributed by atoms with Crippen molar-refractivity contribution in [2.24, 2.45) is 5.92 Å². The van der Waals surface area contributed by atoms with Crippen molar-refractivity contribution in [1.29, 1.82) is 0 Å². The zero-order valence-corrected chi connectivity index (χ0v) is 12.3. The summed E-state index contributed by atoms with van der Waals surface area (Å²) < 4.78 is 0. The summed E-state index contributed by atoms with van der Waals surface area (Å²) in [5, 5.41) is 3.41. The molecule has 0 bridgehead atoms. The minimum Gasteiger partial charge on any atom is -0.341 e. The van der Waals surface area contributed by atoms with E-state index in [9.17, 15) is 4.79 Å². The monoisotopic (exact) mass is 272 g/mol. The summed E-state index contributed by atoms with van der Waals surface area (Å²) in [7, 11) is 0. The van der Waals surface area contributed by atoms with Gasteiger partial charge in [-0.3, -0.25) is 4.79 Å². The first-order chi connectivity index (χ1) is 9.79. The smallest absolute Gasteiger partial charge is 0.244 e. The van der Waals surface area contributed by atoms with Gasteiger partial charge in [-0.25, -0.2) is 0 Å². The molecule has 0 spiro atoms. The van der Waals surface area contributed by atoms with Crippen molar-refractivity contribution in [3.63, 3.8) is 0 Å². The van der Waals surface area contributed by atoms with Crippen LogP contribution in [0, 0.1) is 5.92 Å². The van der Waals surface area contributed by atoms with Gasteiger partial charge in [-0.1, -0.05) is 37.6 Å². The SMILES string of the molecule is CCC1CCCN(C(=O)C2NCCc3ccccc32)C1. The second kappa shape index (κ2) is 5.96. The van der Waals surface area contributed by atoms with Crippen LogP contribution in [0.3, 0.4) is 0 Å². The Bertz CT molecular complexity index is 486. The van der Waals surface area contributed by atoms with Crippen molar-refractivity contribution < 1.29 is 4.79 Å². The Hall–Kier alpha value is -1.35. The van der Waals surface area contributed by atoms with Gasteiger partial charge in [0, 0.05) is 19.6 Å². The van der Waals surface area contributed by atoms with Crippen LogP contribution in [0.2, 0.25) is 0 Å². The molecule has 2 aliphatic heterocycles. The zero-order chi connectivity index (χ0) is 13.9. The van der Waals surface area contributed by atoms with E-state index in [0.717, 1.165) is 32.5 Å². The van der Waals surface area contributed by atoms with Gasteiger partial charge in [-0.2, -0.15) is 0 Å². The predicted octanol–water partition coefficient (Wildman–Crippen LogP) is 2.52. The number of hydrogen-bond donors (Lipinski definition) is 1. The van der Waals surface area contributed by atoms with E-state index in [1.807, 2.05) is 6.07 Å². The lowest BCUT2D eigenvalue weighted by atomic mass is 9.91. The molecule has 1 amide bonds. The molecule has 0 radical (unpaired) electrons. The highest BCUT2D eigenvalue weighted by Crippen LogP contribution is 2.27. The number of likely N-dealkylation sites (tertiary alicyclic amines) is 1. The molecule has 108 valence electrons. The second-order valence-corrected chi connectivity index (χ2v) is 6.04. The van der Waals surface area contributed by atoms with E-state index < -0.39 is 0 Å². The Kier molecular flexibility index (Phi) is 4.06. The summed E-state index contributed by atoms with van der Waals surface area (Å²) in [4.78, 5) is 14.9. The van der Waals surface area contributed by atoms with Crippen LogP contribution in [0.5, 0.6) is 0 Å². The third-order valence-corrected chi connectivity index (χ3v) is 4.76. The molecule has 1 aromatic rings. The number of carbonyl (C=O) groups is 1. The van der Waals surface area contributed by atoms with E-state index in [1.54, 1.807) is 0 Å². The number of nitrogens with one attached hydrogen (secondary N) is 1. The molecule has 0 aliphatic carbocycles. The molecule has 1 N–H and O–H groups in total. The zero-order valence-electron chi connectivity index (χ0n) is 12.3. The van der Waals surface area contributed by atoms with Gasteiger partial charge in [-0.05, 0) is 36.3 Å². The van der Waals surface area contributed by atoms with Crippen LogP contribution >= 0.6 is 0 Å². The summed E-state index contributed by atoms with van der Waals surface area (Å²) in [6.45, 7) is 5.00. The minimum atomic E-state index is -0.129. The summed E-state index contributed by atoms with van der Waals surface area (Å²) in [6.07, 6.45) is 4.63. The molecule has 2 heterocycles. The maximum absolute atomic E-state index is 12.8. The van der Waals surface area contributed by atoms with E-state index in [4.69, 9.17) is 0 Å². The van der Waals surface area contributed by atoms with Crippen LogP contribution in [0.15, 0.2) is 24.3 Å². The summed E-state index contributed by atoms with van der Waals surface area (Å²) in [5.41, 5.74) is 2.51. The second-order valence-electron chi connectivity index (χ2n) is 6.04. The number of carbonyl (C=O) groups excluding carboxylic acids is 1. The molecule has 0 saturated carbocycles. The third-order valence-electron chi connectivity index (χ3n) is 4.76. The number of hydrogen-bond acceptors (Lipinski definition) is 2. The number of amides is 1. The number of rotatable bonds is 2. The van der Waals surface area contributed by atoms with Crippen molar-refractivity contribution >= 4 is 5.91 Å². The van der Waals surface area contributed by atoms with Crippen LogP contribution in [0.25, 0.3) is 0 Å². The normalized spacial score (nSPS) is 26.1. The van der Waals surface area contributed by atoms with E-state index in [-0.39, 0.29) is 11.9 Å². The minimum absolute atomic E-state index is 0.129. The standard InChI is InChI=1S/C17H24N2O/c1-2-13-6-5-11-19(12-13)17(20)16-15-8-4-3-7-14(15)9-10-18-16/h3-4,7-8,13,16,18H,2,5-6,9-12H2,1H3. The van der Waals surface area contributed by atoms with Gasteiger partial charge in [0.2, 0.25) is 5.91 Å². The van der Waals surface area contributed by atoms with Gasteiger partial charge in [-0.15, -0.1) is 0 Å². The summed E-state index contributed by atoms with van der Waals surface area (Å²) >= 11 is 0. The van der Waals surface area contributed by atoms with E-state index in [2.05, 4.69) is 35.3 Å². The van der Waals surface area contributed by atoms with Gasteiger partial charge in [0.15, 0.2) is 0 Å². The molecule has 20 heavy (non-hydrogen) atoms. The Morgan fingerprint density at radius 2 is 2.25 bits per heavy atom. The fourth-order valence-electron chi connectivity index (χ4n) is 3.51. The summed E-state index contributed by atoms with van der Waals surface area (Å²) in [5.74, 6) is 0.960. The molecular weight excluding hydrogens is 248 g/mol. The van der Waals surface area contributed by atoms with Crippen molar-refractivity contribution in [2.75, 3.05) is 19.6 Å². The summed E-state index contributed by atoms with van der Waals surface area (Å²) in [6, 6.07) is 8.24. The van der Waals surface area contributed by atoms with Crippen LogP contribution in [0.4, 0.5) is 0 Å². The number of benzene rings is 1. The molecule has 3 heteroatoms. The topological polar surface area (TPSA) is 32.3 Å². The molecule has 3 rings (SSSR count). The maximum atomic E-state index is 12.8. The molecule has 0 aromatic heterocycles. The average molecular weight is 272 g/mol. The molecule has 2 atom stereocenters. The number of piperidine rings is 1. The predicted molar refractivity (Wildman–Crippen MR) is 80.5 cm³/mol. The molecular formula is C17H24N2O. The van der Waals surface area contributed by atoms with Gasteiger partial charge in [0.1, 0.15) is 6.04 Å². The van der Waals surface area contributed by atoms with Gasteiger partial charge >= 0.3 is 0 Å². The Morgan fingerprint density at radius 3 is 3.10 bits per heavy atom. The fraction of sp³-hybridized carbons (Fsp3) is 0.588. The van der Waals surface area contributed by atoms with E-state index in [0.29, 0.717) is 5.92 Å². The highest BCUT2D eigenvalue weighted by atomic mass is 16.2. The highest BCUT2D eigenvalue weighted by molar-refractivity contribution is 5.84. The lowest BCUT2D eigenvalue weighted by Crippen LogP contribution is -2.47. The fourth-order valence-corrected chi connectivity index (χ4v) is 3.51. The first kappa shape index (κ1) is 13.6. The molecule has 1 fully saturated rings. The van der Waals surface area contributed by atoms with Gasteiger partial charge < -0.3 is 10.2 Å². The molecule has 1 saturated heterocycles. The van der Waals surface area contributed by atoms with Crippen molar-refractivity contribution in [2.45, 2.75) is 38.6 Å². The van der Waals surface area contributed by atoms with Crippen LogP contribution in [-0.4, -0.2) is 30.4 Å². The quantitative estimate of drug-likeness (QED) is 0.897. The van der Waals surface area contributed by atoms with Crippen molar-refractivity contribution in [3.8, 4) is 0 Å². The van der Waals surface area contributed by atoms with E-state index >= 15 is 0 Å². The Morgan fingerprint density at radius 1 is 1.40 bits per heavy atom. The van der Waals surface area contributed by atoms with Crippen molar-refractivity contribution in [3.05, 3.63) is 35.4 Å². The lowest BCUT2D eigenvalue weighted by molar-refractivity contribution is -0.135. The average Bonchev–Trinajstić information content (AvgIpc) is 2.53. The van der Waals surface area contributed by atoms with E-state index in [1.165, 1.54) is 24.0 Å². The van der Waals surface area contributed by atoms with Crippen molar-refractivity contribution in [1.82, 2.24) is 10.2 Å². The Labute approximate surface area is 121 Å². The molecule has 3 nitrogen and oxygen atoms in total. The number of fused-ring (bicyclic) bond motifs is 1. The molecule has 2 aliphatic rings. The van der Waals surface area contributed by atoms with Gasteiger partial charge in [0.05, 0.1) is 0 Å². The first-order valence-electron chi connectivity index (χ1n) is 7.89.